The molecule has 1 amide bonds. The van der Waals surface area contributed by atoms with E-state index in [1.807, 2.05) is 36.1 Å². The van der Waals surface area contributed by atoms with Gasteiger partial charge in [-0.15, -0.1) is 0 Å². The second-order valence-corrected chi connectivity index (χ2v) is 4.91. The van der Waals surface area contributed by atoms with Crippen LogP contribution in [0.5, 0.6) is 0 Å². The zero-order valence-electron chi connectivity index (χ0n) is 10.9. The molecule has 2 aromatic heterocycles. The van der Waals surface area contributed by atoms with Gasteiger partial charge in [0.05, 0.1) is 12.8 Å². The van der Waals surface area contributed by atoms with Gasteiger partial charge in [-0.25, -0.2) is 4.98 Å². The third-order valence-electron chi connectivity index (χ3n) is 3.26. The Morgan fingerprint density at radius 2 is 2.21 bits per heavy atom. The Morgan fingerprint density at radius 1 is 1.37 bits per heavy atom. The van der Waals surface area contributed by atoms with E-state index in [9.17, 15) is 4.79 Å². The van der Waals surface area contributed by atoms with Crippen LogP contribution in [0.4, 0.5) is 0 Å². The standard InChI is InChI=1S/C15H16N2O2/c1-11-4-2-6-14(16-11)15(18)17(12-7-8-12)10-13-5-3-9-19-13/h2-6,9,12H,7-8,10H2,1H3. The van der Waals surface area contributed by atoms with E-state index >= 15 is 0 Å². The number of pyridine rings is 1. The molecule has 2 heterocycles. The summed E-state index contributed by atoms with van der Waals surface area (Å²) >= 11 is 0. The smallest absolute Gasteiger partial charge is 0.273 e. The number of carbonyl (C=O) groups is 1. The molecule has 0 atom stereocenters. The number of nitrogens with zero attached hydrogens (tertiary/aromatic N) is 2. The predicted molar refractivity (Wildman–Crippen MR) is 70.6 cm³/mol. The molecule has 1 saturated carbocycles. The van der Waals surface area contributed by atoms with Crippen molar-refractivity contribution in [2.45, 2.75) is 32.4 Å². The molecule has 4 nitrogen and oxygen atoms in total. The average molecular weight is 256 g/mol. The van der Waals surface area contributed by atoms with E-state index < -0.39 is 0 Å². The molecule has 1 aliphatic carbocycles. The van der Waals surface area contributed by atoms with Crippen LogP contribution in [0.2, 0.25) is 0 Å². The van der Waals surface area contributed by atoms with E-state index in [1.165, 1.54) is 0 Å². The van der Waals surface area contributed by atoms with Gasteiger partial charge in [0.1, 0.15) is 11.5 Å². The largest absolute Gasteiger partial charge is 0.467 e. The second-order valence-electron chi connectivity index (χ2n) is 4.91. The molecule has 19 heavy (non-hydrogen) atoms. The maximum Gasteiger partial charge on any atom is 0.273 e. The molecule has 0 unspecified atom stereocenters. The second kappa shape index (κ2) is 4.88. The molecule has 4 heteroatoms. The van der Waals surface area contributed by atoms with Gasteiger partial charge < -0.3 is 9.32 Å². The van der Waals surface area contributed by atoms with Gasteiger partial charge in [0.25, 0.3) is 5.91 Å². The zero-order valence-corrected chi connectivity index (χ0v) is 10.9. The lowest BCUT2D eigenvalue weighted by molar-refractivity contribution is 0.0711. The van der Waals surface area contributed by atoms with Crippen LogP contribution in [0, 0.1) is 6.92 Å². The summed E-state index contributed by atoms with van der Waals surface area (Å²) in [5.74, 6) is 0.801. The van der Waals surface area contributed by atoms with Crippen molar-refractivity contribution in [2.24, 2.45) is 0 Å². The summed E-state index contributed by atoms with van der Waals surface area (Å²) in [4.78, 5) is 18.7. The Hall–Kier alpha value is -2.10. The van der Waals surface area contributed by atoms with Crippen LogP contribution in [0.15, 0.2) is 41.0 Å². The Kier molecular flexibility index (Phi) is 3.07. The van der Waals surface area contributed by atoms with Gasteiger partial charge in [-0.3, -0.25) is 4.79 Å². The van der Waals surface area contributed by atoms with E-state index in [0.29, 0.717) is 18.3 Å². The molecule has 0 saturated heterocycles. The van der Waals surface area contributed by atoms with E-state index in [-0.39, 0.29) is 5.91 Å². The SMILES string of the molecule is Cc1cccc(C(=O)N(Cc2ccco2)C2CC2)n1. The molecule has 2 aromatic rings. The molecular weight excluding hydrogens is 240 g/mol. The Balaban J connectivity index is 1.82. The van der Waals surface area contributed by atoms with Crippen LogP contribution in [0.25, 0.3) is 0 Å². The quantitative estimate of drug-likeness (QED) is 0.845. The lowest BCUT2D eigenvalue weighted by Gasteiger charge is -2.20. The maximum atomic E-state index is 12.5. The Morgan fingerprint density at radius 3 is 2.84 bits per heavy atom. The van der Waals surface area contributed by atoms with Gasteiger partial charge in [0.2, 0.25) is 0 Å². The van der Waals surface area contributed by atoms with Crippen molar-refractivity contribution in [3.8, 4) is 0 Å². The molecule has 1 fully saturated rings. The van der Waals surface area contributed by atoms with Crippen LogP contribution in [-0.2, 0) is 6.54 Å². The summed E-state index contributed by atoms with van der Waals surface area (Å²) in [6.45, 7) is 2.41. The number of hydrogen-bond acceptors (Lipinski definition) is 3. The van der Waals surface area contributed by atoms with Crippen molar-refractivity contribution < 1.29 is 9.21 Å². The van der Waals surface area contributed by atoms with Crippen LogP contribution >= 0.6 is 0 Å². The van der Waals surface area contributed by atoms with Crippen LogP contribution < -0.4 is 0 Å². The topological polar surface area (TPSA) is 46.3 Å². The number of furan rings is 1. The van der Waals surface area contributed by atoms with Crippen molar-refractivity contribution in [1.82, 2.24) is 9.88 Å². The fourth-order valence-corrected chi connectivity index (χ4v) is 2.13. The Bertz CT molecular complexity index is 574. The molecule has 0 aromatic carbocycles. The minimum atomic E-state index is -0.0115. The molecule has 3 rings (SSSR count). The van der Waals surface area contributed by atoms with Crippen LogP contribution in [-0.4, -0.2) is 21.8 Å². The molecular formula is C15H16N2O2. The normalized spacial score (nSPS) is 14.4. The summed E-state index contributed by atoms with van der Waals surface area (Å²) in [6, 6.07) is 9.60. The molecule has 0 N–H and O–H groups in total. The molecule has 0 radical (unpaired) electrons. The van der Waals surface area contributed by atoms with Gasteiger partial charge in [-0.2, -0.15) is 0 Å². The molecule has 0 bridgehead atoms. The molecule has 0 aliphatic heterocycles. The van der Waals surface area contributed by atoms with Gasteiger partial charge in [0.15, 0.2) is 0 Å². The predicted octanol–water partition coefficient (Wildman–Crippen LogP) is 2.79. The number of hydrogen-bond donors (Lipinski definition) is 0. The minimum Gasteiger partial charge on any atom is -0.467 e. The molecule has 0 spiro atoms. The highest BCUT2D eigenvalue weighted by atomic mass is 16.3. The van der Waals surface area contributed by atoms with Crippen molar-refractivity contribution in [3.05, 3.63) is 53.7 Å². The van der Waals surface area contributed by atoms with Gasteiger partial charge in [-0.1, -0.05) is 6.07 Å². The third kappa shape index (κ3) is 2.67. The fraction of sp³-hybridized carbons (Fsp3) is 0.333. The zero-order chi connectivity index (χ0) is 13.2. The summed E-state index contributed by atoms with van der Waals surface area (Å²) < 4.78 is 5.34. The van der Waals surface area contributed by atoms with Crippen molar-refractivity contribution in [2.75, 3.05) is 0 Å². The van der Waals surface area contributed by atoms with Gasteiger partial charge in [0, 0.05) is 11.7 Å². The van der Waals surface area contributed by atoms with Gasteiger partial charge >= 0.3 is 0 Å². The van der Waals surface area contributed by atoms with Crippen molar-refractivity contribution in [1.29, 1.82) is 0 Å². The maximum absolute atomic E-state index is 12.5. The summed E-state index contributed by atoms with van der Waals surface area (Å²) in [6.07, 6.45) is 3.77. The van der Waals surface area contributed by atoms with E-state index in [2.05, 4.69) is 4.98 Å². The lowest BCUT2D eigenvalue weighted by atomic mass is 10.2. The summed E-state index contributed by atoms with van der Waals surface area (Å²) in [5, 5.41) is 0. The molecule has 1 aliphatic rings. The monoisotopic (exact) mass is 256 g/mol. The van der Waals surface area contributed by atoms with Crippen LogP contribution in [0.1, 0.15) is 34.8 Å². The highest BCUT2D eigenvalue weighted by molar-refractivity contribution is 5.92. The summed E-state index contributed by atoms with van der Waals surface area (Å²) in [7, 11) is 0. The van der Waals surface area contributed by atoms with E-state index in [1.54, 1.807) is 12.3 Å². The lowest BCUT2D eigenvalue weighted by Crippen LogP contribution is -2.33. The number of amides is 1. The highest BCUT2D eigenvalue weighted by Crippen LogP contribution is 2.29. The fourth-order valence-electron chi connectivity index (χ4n) is 2.13. The number of aryl methyl sites for hydroxylation is 1. The first-order valence-corrected chi connectivity index (χ1v) is 6.51. The Labute approximate surface area is 112 Å². The van der Waals surface area contributed by atoms with Gasteiger partial charge in [-0.05, 0) is 44.0 Å². The van der Waals surface area contributed by atoms with Crippen molar-refractivity contribution in [3.63, 3.8) is 0 Å². The molecule has 98 valence electrons. The first kappa shape index (κ1) is 12.0. The minimum absolute atomic E-state index is 0.0115. The average Bonchev–Trinajstić information content (AvgIpc) is 3.12. The summed E-state index contributed by atoms with van der Waals surface area (Å²) in [5.41, 5.74) is 1.37. The number of carbonyl (C=O) groups excluding carboxylic acids is 1. The first-order chi connectivity index (χ1) is 9.24. The van der Waals surface area contributed by atoms with E-state index in [4.69, 9.17) is 4.42 Å². The van der Waals surface area contributed by atoms with Crippen molar-refractivity contribution >= 4 is 5.91 Å². The van der Waals surface area contributed by atoms with Crippen LogP contribution in [0.3, 0.4) is 0 Å². The number of aromatic nitrogens is 1. The van der Waals surface area contributed by atoms with E-state index in [0.717, 1.165) is 24.3 Å². The first-order valence-electron chi connectivity index (χ1n) is 6.51. The number of rotatable bonds is 4. The highest BCUT2D eigenvalue weighted by Gasteiger charge is 2.34. The third-order valence-corrected chi connectivity index (χ3v) is 3.26.